The van der Waals surface area contributed by atoms with Crippen LogP contribution in [-0.2, 0) is 16.6 Å². The van der Waals surface area contributed by atoms with E-state index in [2.05, 4.69) is 17.1 Å². The summed E-state index contributed by atoms with van der Waals surface area (Å²) >= 11 is 1.30. The Morgan fingerprint density at radius 1 is 1.50 bits per heavy atom. The van der Waals surface area contributed by atoms with Gasteiger partial charge in [-0.3, -0.25) is 4.79 Å². The lowest BCUT2D eigenvalue weighted by Gasteiger charge is -2.03. The van der Waals surface area contributed by atoms with Gasteiger partial charge in [-0.2, -0.15) is 0 Å². The second kappa shape index (κ2) is 7.14. The highest BCUT2D eigenvalue weighted by molar-refractivity contribution is 7.99. The second-order valence-electron chi connectivity index (χ2n) is 4.21. The molecule has 2 heterocycles. The molecule has 108 valence electrons. The average Bonchev–Trinajstić information content (AvgIpc) is 3.06. The van der Waals surface area contributed by atoms with E-state index in [9.17, 15) is 4.79 Å². The third-order valence-corrected chi connectivity index (χ3v) is 3.65. The van der Waals surface area contributed by atoms with Crippen molar-refractivity contribution in [3.05, 3.63) is 18.4 Å². The van der Waals surface area contributed by atoms with E-state index in [0.29, 0.717) is 23.3 Å². The van der Waals surface area contributed by atoms with Crippen LogP contribution in [0.15, 0.2) is 28.0 Å². The molecule has 6 nitrogen and oxygen atoms in total. The van der Waals surface area contributed by atoms with Crippen molar-refractivity contribution in [2.75, 3.05) is 12.4 Å². The monoisotopic (exact) mass is 295 g/mol. The number of unbranched alkanes of at least 4 members (excludes halogenated alkanes) is 1. The number of rotatable bonds is 7. The lowest BCUT2D eigenvalue weighted by molar-refractivity contribution is -0.140. The number of nitrogens with zero attached hydrogens (tertiary/aromatic N) is 3. The van der Waals surface area contributed by atoms with E-state index in [4.69, 9.17) is 9.15 Å². The first-order valence-corrected chi connectivity index (χ1v) is 7.42. The van der Waals surface area contributed by atoms with Crippen LogP contribution in [0, 0.1) is 0 Å². The maximum Gasteiger partial charge on any atom is 0.316 e. The summed E-state index contributed by atoms with van der Waals surface area (Å²) in [5.41, 5.74) is 0. The zero-order valence-electron chi connectivity index (χ0n) is 11.5. The van der Waals surface area contributed by atoms with Gasteiger partial charge in [0.2, 0.25) is 0 Å². The molecule has 2 aromatic heterocycles. The van der Waals surface area contributed by atoms with Crippen molar-refractivity contribution < 1.29 is 13.9 Å². The van der Waals surface area contributed by atoms with Gasteiger partial charge in [-0.1, -0.05) is 25.1 Å². The van der Waals surface area contributed by atoms with Gasteiger partial charge in [0.1, 0.15) is 0 Å². The van der Waals surface area contributed by atoms with Crippen molar-refractivity contribution >= 4 is 17.7 Å². The SMILES string of the molecule is CCCCOC(=O)CSc1nnc(-c2ccco2)n1C. The summed E-state index contributed by atoms with van der Waals surface area (Å²) in [6, 6.07) is 3.61. The molecule has 0 saturated carbocycles. The number of carbonyl (C=O) groups excluding carboxylic acids is 1. The van der Waals surface area contributed by atoms with Crippen LogP contribution in [0.5, 0.6) is 0 Å². The molecule has 2 rings (SSSR count). The molecular weight excluding hydrogens is 278 g/mol. The van der Waals surface area contributed by atoms with Crippen molar-refractivity contribution in [2.24, 2.45) is 7.05 Å². The fourth-order valence-corrected chi connectivity index (χ4v) is 2.27. The first-order chi connectivity index (χ1) is 9.72. The normalized spacial score (nSPS) is 10.7. The summed E-state index contributed by atoms with van der Waals surface area (Å²) in [6.07, 6.45) is 3.49. The zero-order chi connectivity index (χ0) is 14.4. The summed E-state index contributed by atoms with van der Waals surface area (Å²) in [6.45, 7) is 2.53. The molecule has 0 saturated heterocycles. The molecule has 0 unspecified atom stereocenters. The standard InChI is InChI=1S/C13H17N3O3S/c1-3-4-7-19-11(17)9-20-13-15-14-12(16(13)2)10-6-5-8-18-10/h5-6,8H,3-4,7,9H2,1-2H3. The molecule has 0 aliphatic rings. The summed E-state index contributed by atoms with van der Waals surface area (Å²) in [7, 11) is 1.84. The smallest absolute Gasteiger partial charge is 0.316 e. The van der Waals surface area contributed by atoms with Gasteiger partial charge in [0.05, 0.1) is 18.6 Å². The Morgan fingerprint density at radius 2 is 2.35 bits per heavy atom. The number of furan rings is 1. The molecule has 0 aromatic carbocycles. The number of hydrogen-bond acceptors (Lipinski definition) is 6. The van der Waals surface area contributed by atoms with E-state index in [1.165, 1.54) is 11.8 Å². The fraction of sp³-hybridized carbons (Fsp3) is 0.462. The zero-order valence-corrected chi connectivity index (χ0v) is 12.4. The largest absolute Gasteiger partial charge is 0.465 e. The Labute approximate surface area is 121 Å². The minimum atomic E-state index is -0.231. The molecule has 0 radical (unpaired) electrons. The van der Waals surface area contributed by atoms with E-state index in [1.54, 1.807) is 16.9 Å². The molecule has 0 aliphatic carbocycles. The number of ether oxygens (including phenoxy) is 1. The molecule has 0 atom stereocenters. The summed E-state index contributed by atoms with van der Waals surface area (Å²) in [5.74, 6) is 1.29. The highest BCUT2D eigenvalue weighted by Crippen LogP contribution is 2.22. The number of aromatic nitrogens is 3. The molecule has 0 amide bonds. The molecule has 2 aromatic rings. The quantitative estimate of drug-likeness (QED) is 0.444. The van der Waals surface area contributed by atoms with Gasteiger partial charge in [-0.05, 0) is 18.6 Å². The molecule has 0 fully saturated rings. The maximum absolute atomic E-state index is 11.5. The predicted octanol–water partition coefficient (Wildman–Crippen LogP) is 2.51. The lowest BCUT2D eigenvalue weighted by atomic mass is 10.4. The van der Waals surface area contributed by atoms with Crippen LogP contribution >= 0.6 is 11.8 Å². The summed E-state index contributed by atoms with van der Waals surface area (Å²) in [5, 5.41) is 8.76. The average molecular weight is 295 g/mol. The Kier molecular flexibility index (Phi) is 5.23. The molecule has 0 aliphatic heterocycles. The minimum Gasteiger partial charge on any atom is -0.465 e. The van der Waals surface area contributed by atoms with Crippen LogP contribution in [0.1, 0.15) is 19.8 Å². The fourth-order valence-electron chi connectivity index (χ4n) is 1.56. The van der Waals surface area contributed by atoms with Crippen LogP contribution in [0.4, 0.5) is 0 Å². The molecule has 0 bridgehead atoms. The lowest BCUT2D eigenvalue weighted by Crippen LogP contribution is -2.09. The number of thioether (sulfide) groups is 1. The third kappa shape index (κ3) is 3.63. The van der Waals surface area contributed by atoms with Crippen molar-refractivity contribution in [2.45, 2.75) is 24.9 Å². The van der Waals surface area contributed by atoms with Crippen molar-refractivity contribution in [3.63, 3.8) is 0 Å². The Morgan fingerprint density at radius 3 is 3.05 bits per heavy atom. The van der Waals surface area contributed by atoms with E-state index in [0.717, 1.165) is 12.8 Å². The van der Waals surface area contributed by atoms with Crippen molar-refractivity contribution in [1.29, 1.82) is 0 Å². The predicted molar refractivity (Wildman–Crippen MR) is 75.3 cm³/mol. The van der Waals surface area contributed by atoms with E-state index in [1.807, 2.05) is 13.1 Å². The van der Waals surface area contributed by atoms with Crippen molar-refractivity contribution in [3.8, 4) is 11.6 Å². The van der Waals surface area contributed by atoms with Gasteiger partial charge in [0, 0.05) is 7.05 Å². The Balaban J connectivity index is 1.89. The number of hydrogen-bond donors (Lipinski definition) is 0. The summed E-state index contributed by atoms with van der Waals surface area (Å²) < 4.78 is 12.2. The van der Waals surface area contributed by atoms with E-state index < -0.39 is 0 Å². The molecule has 20 heavy (non-hydrogen) atoms. The third-order valence-electron chi connectivity index (χ3n) is 2.66. The Hall–Kier alpha value is -1.76. The molecular formula is C13H17N3O3S. The first kappa shape index (κ1) is 14.6. The maximum atomic E-state index is 11.5. The molecule has 7 heteroatoms. The van der Waals surface area contributed by atoms with Crippen LogP contribution in [0.2, 0.25) is 0 Å². The topological polar surface area (TPSA) is 70.2 Å². The Bertz CT molecular complexity index is 551. The van der Waals surface area contributed by atoms with Crippen molar-refractivity contribution in [1.82, 2.24) is 14.8 Å². The van der Waals surface area contributed by atoms with Crippen LogP contribution in [0.25, 0.3) is 11.6 Å². The highest BCUT2D eigenvalue weighted by atomic mass is 32.2. The minimum absolute atomic E-state index is 0.230. The number of carbonyl (C=O) groups is 1. The second-order valence-corrected chi connectivity index (χ2v) is 5.15. The van der Waals surface area contributed by atoms with Gasteiger partial charge in [-0.25, -0.2) is 0 Å². The highest BCUT2D eigenvalue weighted by Gasteiger charge is 2.14. The van der Waals surface area contributed by atoms with E-state index in [-0.39, 0.29) is 11.7 Å². The van der Waals surface area contributed by atoms with Gasteiger partial charge >= 0.3 is 5.97 Å². The van der Waals surface area contributed by atoms with Crippen LogP contribution in [0.3, 0.4) is 0 Å². The van der Waals surface area contributed by atoms with E-state index >= 15 is 0 Å². The molecule has 0 N–H and O–H groups in total. The van der Waals surface area contributed by atoms with Gasteiger partial charge < -0.3 is 13.7 Å². The van der Waals surface area contributed by atoms with Crippen LogP contribution in [-0.4, -0.2) is 33.1 Å². The number of esters is 1. The first-order valence-electron chi connectivity index (χ1n) is 6.44. The van der Waals surface area contributed by atoms with Gasteiger partial charge in [0.15, 0.2) is 16.7 Å². The van der Waals surface area contributed by atoms with Gasteiger partial charge in [-0.15, -0.1) is 10.2 Å². The van der Waals surface area contributed by atoms with Gasteiger partial charge in [0.25, 0.3) is 0 Å². The van der Waals surface area contributed by atoms with Crippen LogP contribution < -0.4 is 0 Å². The summed E-state index contributed by atoms with van der Waals surface area (Å²) in [4.78, 5) is 11.5. The molecule has 0 spiro atoms.